The molecule has 0 saturated heterocycles. The molecule has 0 aliphatic heterocycles. The number of carbonyl (C=O) groups is 3. The molecule has 0 radical (unpaired) electrons. The van der Waals surface area contributed by atoms with Crippen molar-refractivity contribution in [2.24, 2.45) is 0 Å². The van der Waals surface area contributed by atoms with Crippen LogP contribution in [-0.2, 0) is 32.1 Å². The lowest BCUT2D eigenvalue weighted by Crippen LogP contribution is -2.37. The normalized spacial score (nSPS) is 10.3. The van der Waals surface area contributed by atoms with Crippen molar-refractivity contribution in [3.05, 3.63) is 65.2 Å². The standard InChI is InChI=1S/C22H26N2O5/c1-4-17-7-5-6-8-19(17)23-20(25)13-24(2)21(26)15-29-22(27)18-11-9-16(10-12-18)14-28-3/h5-12H,4,13-15H2,1-3H3,(H,23,25). The monoisotopic (exact) mass is 398 g/mol. The van der Waals surface area contributed by atoms with Crippen molar-refractivity contribution in [2.45, 2.75) is 20.0 Å². The molecule has 2 rings (SSSR count). The maximum atomic E-state index is 12.2. The molecule has 0 heterocycles. The predicted molar refractivity (Wildman–Crippen MR) is 110 cm³/mol. The number of nitrogens with one attached hydrogen (secondary N) is 1. The molecule has 0 fully saturated rings. The van der Waals surface area contributed by atoms with Crippen LogP contribution in [0.25, 0.3) is 0 Å². The maximum absolute atomic E-state index is 12.2. The third-order valence-electron chi connectivity index (χ3n) is 4.31. The number of aryl methyl sites for hydroxylation is 1. The molecule has 29 heavy (non-hydrogen) atoms. The van der Waals surface area contributed by atoms with Gasteiger partial charge in [-0.25, -0.2) is 4.79 Å². The van der Waals surface area contributed by atoms with Crippen molar-refractivity contribution >= 4 is 23.5 Å². The van der Waals surface area contributed by atoms with Crippen LogP contribution in [0.15, 0.2) is 48.5 Å². The van der Waals surface area contributed by atoms with Gasteiger partial charge in [0, 0.05) is 19.8 Å². The fourth-order valence-electron chi connectivity index (χ4n) is 2.67. The number of esters is 1. The van der Waals surface area contributed by atoms with E-state index in [1.807, 2.05) is 31.2 Å². The highest BCUT2D eigenvalue weighted by Crippen LogP contribution is 2.15. The topological polar surface area (TPSA) is 84.9 Å². The zero-order valence-corrected chi connectivity index (χ0v) is 16.9. The van der Waals surface area contributed by atoms with Gasteiger partial charge in [0.1, 0.15) is 0 Å². The summed E-state index contributed by atoms with van der Waals surface area (Å²) in [6, 6.07) is 14.2. The number of hydrogen-bond donors (Lipinski definition) is 1. The quantitative estimate of drug-likeness (QED) is 0.657. The van der Waals surface area contributed by atoms with Crippen molar-refractivity contribution < 1.29 is 23.9 Å². The Bertz CT molecular complexity index is 849. The number of carbonyl (C=O) groups excluding carboxylic acids is 3. The highest BCUT2D eigenvalue weighted by atomic mass is 16.5. The van der Waals surface area contributed by atoms with E-state index in [9.17, 15) is 14.4 Å². The molecule has 7 heteroatoms. The van der Waals surface area contributed by atoms with Gasteiger partial charge < -0.3 is 19.7 Å². The molecule has 2 amide bonds. The minimum Gasteiger partial charge on any atom is -0.452 e. The van der Waals surface area contributed by atoms with E-state index in [2.05, 4.69) is 5.32 Å². The van der Waals surface area contributed by atoms with Gasteiger partial charge in [-0.2, -0.15) is 0 Å². The summed E-state index contributed by atoms with van der Waals surface area (Å²) < 4.78 is 10.1. The maximum Gasteiger partial charge on any atom is 0.338 e. The molecule has 1 N–H and O–H groups in total. The average molecular weight is 398 g/mol. The van der Waals surface area contributed by atoms with Crippen molar-refractivity contribution in [1.29, 1.82) is 0 Å². The number of likely N-dealkylation sites (N-methyl/N-ethyl adjacent to an activating group) is 1. The first kappa shape index (κ1) is 22.1. The Morgan fingerprint density at radius 3 is 2.38 bits per heavy atom. The summed E-state index contributed by atoms with van der Waals surface area (Å²) in [5.74, 6) is -1.38. The molecule has 2 aromatic rings. The zero-order valence-electron chi connectivity index (χ0n) is 16.9. The molecule has 0 aliphatic carbocycles. The number of para-hydroxylation sites is 1. The number of ether oxygens (including phenoxy) is 2. The van der Waals surface area contributed by atoms with Gasteiger partial charge >= 0.3 is 5.97 Å². The lowest BCUT2D eigenvalue weighted by Gasteiger charge is -2.17. The van der Waals surface area contributed by atoms with Crippen molar-refractivity contribution in [2.75, 3.05) is 32.6 Å². The molecule has 0 unspecified atom stereocenters. The Hall–Kier alpha value is -3.19. The molecule has 0 aromatic heterocycles. The third kappa shape index (κ3) is 6.73. The Morgan fingerprint density at radius 1 is 1.03 bits per heavy atom. The number of rotatable bonds is 9. The second-order valence-corrected chi connectivity index (χ2v) is 6.51. The fraction of sp³-hybridized carbons (Fsp3) is 0.318. The molecule has 0 bridgehead atoms. The van der Waals surface area contributed by atoms with Gasteiger partial charge in [-0.15, -0.1) is 0 Å². The Kier molecular flexibility index (Phi) is 8.36. The number of nitrogens with zero attached hydrogens (tertiary/aromatic N) is 1. The number of benzene rings is 2. The van der Waals surface area contributed by atoms with E-state index in [0.717, 1.165) is 23.2 Å². The van der Waals surface area contributed by atoms with Gasteiger partial charge in [-0.1, -0.05) is 37.3 Å². The van der Waals surface area contributed by atoms with Crippen LogP contribution in [0, 0.1) is 0 Å². The van der Waals surface area contributed by atoms with E-state index in [-0.39, 0.29) is 12.5 Å². The van der Waals surface area contributed by atoms with E-state index in [0.29, 0.717) is 12.2 Å². The van der Waals surface area contributed by atoms with Gasteiger partial charge in [0.25, 0.3) is 5.91 Å². The smallest absolute Gasteiger partial charge is 0.338 e. The third-order valence-corrected chi connectivity index (χ3v) is 4.31. The average Bonchev–Trinajstić information content (AvgIpc) is 2.72. The number of methoxy groups -OCH3 is 1. The molecule has 0 spiro atoms. The highest BCUT2D eigenvalue weighted by Gasteiger charge is 2.16. The van der Waals surface area contributed by atoms with Gasteiger partial charge in [-0.05, 0) is 35.7 Å². The molecular weight excluding hydrogens is 372 g/mol. The van der Waals surface area contributed by atoms with Crippen LogP contribution in [0.3, 0.4) is 0 Å². The minimum atomic E-state index is -0.600. The molecule has 2 aromatic carbocycles. The Labute approximate surface area is 170 Å². The summed E-state index contributed by atoms with van der Waals surface area (Å²) in [5, 5.41) is 2.80. The second kappa shape index (κ2) is 11.0. The molecule has 154 valence electrons. The molecule has 0 aliphatic rings. The highest BCUT2D eigenvalue weighted by molar-refractivity contribution is 5.96. The molecule has 7 nitrogen and oxygen atoms in total. The van der Waals surface area contributed by atoms with Crippen LogP contribution in [-0.4, -0.2) is 50.0 Å². The summed E-state index contributed by atoms with van der Waals surface area (Å²) in [5.41, 5.74) is 3.01. The Morgan fingerprint density at radius 2 is 1.72 bits per heavy atom. The molecule has 0 saturated carbocycles. The van der Waals surface area contributed by atoms with Gasteiger partial charge in [0.2, 0.25) is 5.91 Å². The SMILES string of the molecule is CCc1ccccc1NC(=O)CN(C)C(=O)COC(=O)c1ccc(COC)cc1. The van der Waals surface area contributed by atoms with E-state index in [1.54, 1.807) is 31.4 Å². The van der Waals surface area contributed by atoms with Gasteiger partial charge in [0.05, 0.1) is 18.7 Å². The number of anilines is 1. The predicted octanol–water partition coefficient (Wildman–Crippen LogP) is 2.65. The first-order chi connectivity index (χ1) is 13.9. The zero-order chi connectivity index (χ0) is 21.2. The van der Waals surface area contributed by atoms with E-state index in [4.69, 9.17) is 9.47 Å². The summed E-state index contributed by atoms with van der Waals surface area (Å²) in [6.45, 7) is 1.87. The molecule has 0 atom stereocenters. The number of hydrogen-bond acceptors (Lipinski definition) is 5. The van der Waals surface area contributed by atoms with Crippen molar-refractivity contribution in [3.63, 3.8) is 0 Å². The van der Waals surface area contributed by atoms with Crippen LogP contribution in [0.5, 0.6) is 0 Å². The number of amides is 2. The summed E-state index contributed by atoms with van der Waals surface area (Å²) >= 11 is 0. The fourth-order valence-corrected chi connectivity index (χ4v) is 2.67. The summed E-state index contributed by atoms with van der Waals surface area (Å²) in [7, 11) is 3.08. The largest absolute Gasteiger partial charge is 0.452 e. The van der Waals surface area contributed by atoms with Crippen molar-refractivity contribution in [1.82, 2.24) is 4.90 Å². The van der Waals surface area contributed by atoms with Crippen LogP contribution < -0.4 is 5.32 Å². The minimum absolute atomic E-state index is 0.139. The van der Waals surface area contributed by atoms with Crippen molar-refractivity contribution in [3.8, 4) is 0 Å². The summed E-state index contributed by atoms with van der Waals surface area (Å²) in [6.07, 6.45) is 0.785. The first-order valence-electron chi connectivity index (χ1n) is 9.31. The second-order valence-electron chi connectivity index (χ2n) is 6.51. The van der Waals surface area contributed by atoms with Gasteiger partial charge in [0.15, 0.2) is 6.61 Å². The van der Waals surface area contributed by atoms with Crippen LogP contribution in [0.2, 0.25) is 0 Å². The van der Waals surface area contributed by atoms with E-state index >= 15 is 0 Å². The van der Waals surface area contributed by atoms with Crippen LogP contribution in [0.1, 0.15) is 28.4 Å². The van der Waals surface area contributed by atoms with E-state index < -0.39 is 18.5 Å². The lowest BCUT2D eigenvalue weighted by atomic mass is 10.1. The molecular formula is C22H26N2O5. The first-order valence-corrected chi connectivity index (χ1v) is 9.31. The van der Waals surface area contributed by atoms with E-state index in [1.165, 1.54) is 11.9 Å². The van der Waals surface area contributed by atoms with Crippen LogP contribution >= 0.6 is 0 Å². The lowest BCUT2D eigenvalue weighted by molar-refractivity contribution is -0.136. The van der Waals surface area contributed by atoms with Gasteiger partial charge in [-0.3, -0.25) is 9.59 Å². The Balaban J connectivity index is 1.82. The summed E-state index contributed by atoms with van der Waals surface area (Å²) in [4.78, 5) is 37.7. The van der Waals surface area contributed by atoms with Crippen LogP contribution in [0.4, 0.5) is 5.69 Å².